The Kier molecular flexibility index (Phi) is 7.26. The first-order valence-corrected chi connectivity index (χ1v) is 10.3. The molecule has 2 aromatic rings. The molecule has 0 aliphatic carbocycles. The average molecular weight is 447 g/mol. The number of benzene rings is 1. The lowest BCUT2D eigenvalue weighted by atomic mass is 10.1. The van der Waals surface area contributed by atoms with Crippen molar-refractivity contribution in [1.29, 1.82) is 0 Å². The zero-order valence-electron chi connectivity index (χ0n) is 18.4. The molecule has 32 heavy (non-hydrogen) atoms. The third-order valence-electron chi connectivity index (χ3n) is 5.25. The molecule has 0 saturated carbocycles. The largest absolute Gasteiger partial charge is 0.394 e. The van der Waals surface area contributed by atoms with Crippen LogP contribution < -0.4 is 26.6 Å². The van der Waals surface area contributed by atoms with Gasteiger partial charge in [-0.15, -0.1) is 0 Å². The second-order valence-corrected chi connectivity index (χ2v) is 8.10. The zero-order valence-corrected chi connectivity index (χ0v) is 18.4. The van der Waals surface area contributed by atoms with Crippen LogP contribution in [0.2, 0.25) is 0 Å². The molecule has 0 bridgehead atoms. The first-order valence-electron chi connectivity index (χ1n) is 10.3. The van der Waals surface area contributed by atoms with Crippen LogP contribution in [0.15, 0.2) is 21.9 Å². The van der Waals surface area contributed by atoms with E-state index in [4.69, 9.17) is 5.11 Å². The fourth-order valence-electron chi connectivity index (χ4n) is 3.46. The van der Waals surface area contributed by atoms with Crippen LogP contribution in [-0.4, -0.2) is 93.9 Å². The molecule has 6 N–H and O–H groups in total. The topological polar surface area (TPSA) is 158 Å². The lowest BCUT2D eigenvalue weighted by Crippen LogP contribution is -2.48. The SMILES string of the molecule is C=c1nc2c(c(=O)[nH]1)=Nc1cc(C)c(NCCN(C)C)cc1N2C[C@H](O)[C@H](O)[C@H](O)CO. The van der Waals surface area contributed by atoms with E-state index in [1.165, 1.54) is 0 Å². The molecule has 0 spiro atoms. The molecule has 2 heterocycles. The van der Waals surface area contributed by atoms with Crippen LogP contribution in [0.25, 0.3) is 6.58 Å². The number of aliphatic hydroxyl groups is 4. The average Bonchev–Trinajstić information content (AvgIpc) is 2.73. The predicted octanol–water partition coefficient (Wildman–Crippen LogP) is -2.06. The molecule has 11 nitrogen and oxygen atoms in total. The van der Waals surface area contributed by atoms with Crippen LogP contribution in [0.3, 0.4) is 0 Å². The van der Waals surface area contributed by atoms with E-state index in [0.29, 0.717) is 17.9 Å². The van der Waals surface area contributed by atoms with Crippen molar-refractivity contribution in [1.82, 2.24) is 14.9 Å². The van der Waals surface area contributed by atoms with E-state index in [2.05, 4.69) is 31.8 Å². The monoisotopic (exact) mass is 446 g/mol. The Morgan fingerprint density at radius 1 is 1.25 bits per heavy atom. The van der Waals surface area contributed by atoms with Crippen molar-refractivity contribution in [3.63, 3.8) is 0 Å². The van der Waals surface area contributed by atoms with Gasteiger partial charge >= 0.3 is 0 Å². The number of nitrogens with one attached hydrogen (secondary N) is 2. The number of aromatic nitrogens is 2. The maximum Gasteiger partial charge on any atom is 0.279 e. The number of β-amino-alcohol motifs (C(OH)–C–C–N with tert-alkyl or cyclic N) is 1. The molecule has 0 radical (unpaired) electrons. The van der Waals surface area contributed by atoms with Gasteiger partial charge in [0.15, 0.2) is 11.2 Å². The standard InChI is InChI=1S/C21H30N6O5/c1-11-7-14-15(8-13(11)22-5-6-26(3)4)27(9-16(29)19(31)17(30)10-28)20-18(25-14)21(32)24-12(2)23-20/h7-8,16-17,19,22,28-31H,2,5-6,9-10H2,1,3-4H3,(H,24,32)/t16-,17+,19-/m0/s1. The number of anilines is 3. The smallest absolute Gasteiger partial charge is 0.279 e. The minimum Gasteiger partial charge on any atom is -0.394 e. The Balaban J connectivity index is 2.08. The summed E-state index contributed by atoms with van der Waals surface area (Å²) in [6.45, 7) is 6.22. The number of aliphatic hydroxyl groups excluding tert-OH is 4. The van der Waals surface area contributed by atoms with Crippen molar-refractivity contribution < 1.29 is 20.4 Å². The highest BCUT2D eigenvalue weighted by Crippen LogP contribution is 2.38. The molecule has 1 aliphatic heterocycles. The fourth-order valence-corrected chi connectivity index (χ4v) is 3.46. The number of hydrogen-bond donors (Lipinski definition) is 6. The van der Waals surface area contributed by atoms with Crippen LogP contribution in [0.4, 0.5) is 22.9 Å². The van der Waals surface area contributed by atoms with Gasteiger partial charge in [0.1, 0.15) is 23.8 Å². The summed E-state index contributed by atoms with van der Waals surface area (Å²) < 4.78 is 0. The molecule has 3 atom stereocenters. The molecule has 0 fully saturated rings. The second kappa shape index (κ2) is 9.76. The molecule has 1 aromatic heterocycles. The molecular formula is C21H30N6O5. The summed E-state index contributed by atoms with van der Waals surface area (Å²) in [6, 6.07) is 3.67. The molecule has 174 valence electrons. The van der Waals surface area contributed by atoms with E-state index < -0.39 is 30.5 Å². The maximum atomic E-state index is 12.5. The van der Waals surface area contributed by atoms with E-state index >= 15 is 0 Å². The fraction of sp³-hybridized carbons (Fsp3) is 0.476. The predicted molar refractivity (Wildman–Crippen MR) is 121 cm³/mol. The van der Waals surface area contributed by atoms with Crippen LogP contribution in [0.5, 0.6) is 0 Å². The number of aryl methyl sites for hydroxylation is 1. The molecule has 3 rings (SSSR count). The Bertz CT molecular complexity index is 1130. The first kappa shape index (κ1) is 23.8. The van der Waals surface area contributed by atoms with Crippen molar-refractivity contribution >= 4 is 29.5 Å². The highest BCUT2D eigenvalue weighted by Gasteiger charge is 2.31. The Morgan fingerprint density at radius 3 is 2.62 bits per heavy atom. The van der Waals surface area contributed by atoms with E-state index in [1.54, 1.807) is 4.90 Å². The Morgan fingerprint density at radius 2 is 1.97 bits per heavy atom. The van der Waals surface area contributed by atoms with Gasteiger partial charge in [-0.25, -0.2) is 9.98 Å². The van der Waals surface area contributed by atoms with Gasteiger partial charge in [-0.2, -0.15) is 0 Å². The summed E-state index contributed by atoms with van der Waals surface area (Å²) in [6.07, 6.45) is -4.57. The van der Waals surface area contributed by atoms with Gasteiger partial charge in [-0.1, -0.05) is 6.58 Å². The number of hydrogen-bond acceptors (Lipinski definition) is 10. The van der Waals surface area contributed by atoms with Crippen molar-refractivity contribution in [2.45, 2.75) is 25.2 Å². The highest BCUT2D eigenvalue weighted by molar-refractivity contribution is 5.80. The molecule has 1 aromatic carbocycles. The van der Waals surface area contributed by atoms with E-state index in [-0.39, 0.29) is 23.2 Å². The third-order valence-corrected chi connectivity index (χ3v) is 5.25. The lowest BCUT2D eigenvalue weighted by Gasteiger charge is -2.32. The Hall–Kier alpha value is -2.83. The molecular weight excluding hydrogens is 416 g/mol. The summed E-state index contributed by atoms with van der Waals surface area (Å²) >= 11 is 0. The van der Waals surface area contributed by atoms with Gasteiger partial charge in [0, 0.05) is 18.8 Å². The van der Waals surface area contributed by atoms with Crippen molar-refractivity contribution in [2.24, 2.45) is 4.99 Å². The number of nitrogens with zero attached hydrogens (tertiary/aromatic N) is 4. The van der Waals surface area contributed by atoms with Crippen molar-refractivity contribution in [3.8, 4) is 0 Å². The van der Waals surface area contributed by atoms with Gasteiger partial charge in [-0.05, 0) is 38.7 Å². The van der Waals surface area contributed by atoms with Crippen LogP contribution >= 0.6 is 0 Å². The van der Waals surface area contributed by atoms with E-state index in [9.17, 15) is 20.1 Å². The minimum absolute atomic E-state index is 0.0574. The highest BCUT2D eigenvalue weighted by atomic mass is 16.4. The summed E-state index contributed by atoms with van der Waals surface area (Å²) in [5.41, 5.74) is 2.48. The second-order valence-electron chi connectivity index (χ2n) is 8.10. The van der Waals surface area contributed by atoms with E-state index in [1.807, 2.05) is 33.2 Å². The zero-order chi connectivity index (χ0) is 23.6. The van der Waals surface area contributed by atoms with E-state index in [0.717, 1.165) is 17.8 Å². The molecule has 0 amide bonds. The van der Waals surface area contributed by atoms with Gasteiger partial charge in [0.25, 0.3) is 5.56 Å². The molecule has 1 aliphatic rings. The molecule has 11 heteroatoms. The lowest BCUT2D eigenvalue weighted by molar-refractivity contribution is -0.0726. The number of H-pyrrole nitrogens is 1. The number of aromatic amines is 1. The summed E-state index contributed by atoms with van der Waals surface area (Å²) in [4.78, 5) is 27.4. The first-order chi connectivity index (χ1) is 15.1. The number of fused-ring (bicyclic) bond motifs is 2. The Labute approximate surface area is 185 Å². The van der Waals surface area contributed by atoms with Crippen LogP contribution in [0, 0.1) is 6.92 Å². The van der Waals surface area contributed by atoms with Gasteiger partial charge in [0.2, 0.25) is 0 Å². The normalized spacial score (nSPS) is 15.6. The molecule has 0 unspecified atom stereocenters. The summed E-state index contributed by atoms with van der Waals surface area (Å²) in [5.74, 6) is 0.180. The summed E-state index contributed by atoms with van der Waals surface area (Å²) in [7, 11) is 3.96. The van der Waals surface area contributed by atoms with Crippen molar-refractivity contribution in [2.75, 3.05) is 50.6 Å². The van der Waals surface area contributed by atoms with Gasteiger partial charge < -0.3 is 40.5 Å². The number of likely N-dealkylation sites (N-methyl/N-ethyl adjacent to an activating group) is 1. The quantitative estimate of drug-likeness (QED) is 0.255. The van der Waals surface area contributed by atoms with Gasteiger partial charge in [-0.3, -0.25) is 4.79 Å². The van der Waals surface area contributed by atoms with Crippen LogP contribution in [0.1, 0.15) is 5.56 Å². The summed E-state index contributed by atoms with van der Waals surface area (Å²) in [5, 5.41) is 43.0. The maximum absolute atomic E-state index is 12.5. The third kappa shape index (κ3) is 4.97. The number of rotatable bonds is 9. The van der Waals surface area contributed by atoms with Crippen LogP contribution in [-0.2, 0) is 0 Å². The minimum atomic E-state index is -1.60. The van der Waals surface area contributed by atoms with Crippen molar-refractivity contribution in [3.05, 3.63) is 38.9 Å². The molecule has 0 saturated heterocycles. The van der Waals surface area contributed by atoms with Gasteiger partial charge in [0.05, 0.1) is 24.5 Å².